The molecule has 2 amide bonds. The molecule has 0 fully saturated rings. The quantitative estimate of drug-likeness (QED) is 0.585. The van der Waals surface area contributed by atoms with E-state index in [1.165, 1.54) is 13.1 Å². The topological polar surface area (TPSA) is 72.2 Å². The van der Waals surface area contributed by atoms with Crippen LogP contribution in [0.5, 0.6) is 0 Å². The normalized spacial score (nSPS) is 10.7. The molecule has 0 aromatic carbocycles. The van der Waals surface area contributed by atoms with Crippen molar-refractivity contribution >= 4 is 11.8 Å². The van der Waals surface area contributed by atoms with E-state index in [1.807, 2.05) is 0 Å². The highest BCUT2D eigenvalue weighted by Gasteiger charge is 2.00. The maximum Gasteiger partial charge on any atom is 0.250 e. The summed E-state index contributed by atoms with van der Waals surface area (Å²) < 4.78 is 0. The van der Waals surface area contributed by atoms with Crippen LogP contribution in [0.2, 0.25) is 0 Å². The molecule has 0 aromatic rings. The van der Waals surface area contributed by atoms with E-state index in [0.717, 1.165) is 0 Å². The number of nitrogens with two attached hydrogens (primary N) is 1. The van der Waals surface area contributed by atoms with Crippen molar-refractivity contribution in [1.29, 1.82) is 0 Å². The predicted octanol–water partition coefficient (Wildman–Crippen LogP) is 0.0678. The highest BCUT2D eigenvalue weighted by atomic mass is 16.2. The van der Waals surface area contributed by atoms with Gasteiger partial charge in [-0.15, -0.1) is 0 Å². The largest absolute Gasteiger partial charge is 0.366 e. The lowest BCUT2D eigenvalue weighted by atomic mass is 10.3. The molecular formula is C8H12N2O2. The zero-order chi connectivity index (χ0) is 9.72. The van der Waals surface area contributed by atoms with Crippen LogP contribution in [0.15, 0.2) is 23.9 Å². The van der Waals surface area contributed by atoms with Gasteiger partial charge in [0.1, 0.15) is 0 Å². The fourth-order valence-electron chi connectivity index (χ4n) is 0.368. The minimum Gasteiger partial charge on any atom is -0.366 e. The summed E-state index contributed by atoms with van der Waals surface area (Å²) in [6.45, 7) is 6.51. The Hall–Kier alpha value is -1.58. The van der Waals surface area contributed by atoms with Crippen molar-refractivity contribution in [3.8, 4) is 0 Å². The standard InChI is InChI=1S/C8H12N2O2/c1-5(2)8(12)10-4-6(3)7(9)11/h4H,1H2,2-3H3,(H2,9,11)(H,10,12). The Balaban J connectivity index is 4.14. The summed E-state index contributed by atoms with van der Waals surface area (Å²) in [4.78, 5) is 21.3. The molecule has 12 heavy (non-hydrogen) atoms. The molecule has 0 aliphatic rings. The van der Waals surface area contributed by atoms with Crippen LogP contribution in [-0.2, 0) is 9.59 Å². The lowest BCUT2D eigenvalue weighted by Gasteiger charge is -1.98. The van der Waals surface area contributed by atoms with Gasteiger partial charge in [0.2, 0.25) is 11.8 Å². The third-order valence-electron chi connectivity index (χ3n) is 1.20. The zero-order valence-electron chi connectivity index (χ0n) is 7.18. The average Bonchev–Trinajstić information content (AvgIpc) is 1.98. The Bertz CT molecular complexity index is 254. The Morgan fingerprint density at radius 1 is 1.42 bits per heavy atom. The summed E-state index contributed by atoms with van der Waals surface area (Å²) >= 11 is 0. The van der Waals surface area contributed by atoms with E-state index in [0.29, 0.717) is 11.1 Å². The number of nitrogens with one attached hydrogen (secondary N) is 1. The monoisotopic (exact) mass is 168 g/mol. The average molecular weight is 168 g/mol. The highest BCUT2D eigenvalue weighted by Crippen LogP contribution is 1.89. The maximum atomic E-state index is 10.9. The minimum absolute atomic E-state index is 0.296. The van der Waals surface area contributed by atoms with Crippen molar-refractivity contribution in [2.75, 3.05) is 0 Å². The summed E-state index contributed by atoms with van der Waals surface area (Å²) in [7, 11) is 0. The van der Waals surface area contributed by atoms with Crippen LogP contribution in [0.1, 0.15) is 13.8 Å². The van der Waals surface area contributed by atoms with E-state index in [4.69, 9.17) is 5.73 Å². The van der Waals surface area contributed by atoms with E-state index >= 15 is 0 Å². The van der Waals surface area contributed by atoms with Crippen LogP contribution in [-0.4, -0.2) is 11.8 Å². The number of hydrogen-bond donors (Lipinski definition) is 2. The van der Waals surface area contributed by atoms with E-state index < -0.39 is 5.91 Å². The van der Waals surface area contributed by atoms with Crippen LogP contribution in [0.3, 0.4) is 0 Å². The number of amides is 2. The van der Waals surface area contributed by atoms with E-state index in [-0.39, 0.29) is 5.91 Å². The Morgan fingerprint density at radius 3 is 2.25 bits per heavy atom. The second kappa shape index (κ2) is 4.33. The molecule has 4 heteroatoms. The molecule has 4 nitrogen and oxygen atoms in total. The van der Waals surface area contributed by atoms with E-state index in [9.17, 15) is 9.59 Å². The SMILES string of the molecule is C=C(C)C(=O)NC=C(C)C(N)=O. The molecule has 0 saturated carbocycles. The van der Waals surface area contributed by atoms with Crippen molar-refractivity contribution in [2.24, 2.45) is 5.73 Å². The molecule has 0 spiro atoms. The molecule has 3 N–H and O–H groups in total. The summed E-state index contributed by atoms with van der Waals surface area (Å²) in [6.07, 6.45) is 1.26. The van der Waals surface area contributed by atoms with E-state index in [2.05, 4.69) is 11.9 Å². The van der Waals surface area contributed by atoms with Crippen molar-refractivity contribution in [2.45, 2.75) is 13.8 Å². The summed E-state index contributed by atoms with van der Waals surface area (Å²) in [5, 5.41) is 2.36. The summed E-state index contributed by atoms with van der Waals surface area (Å²) in [5.41, 5.74) is 5.59. The van der Waals surface area contributed by atoms with Crippen molar-refractivity contribution in [3.05, 3.63) is 23.9 Å². The third kappa shape index (κ3) is 3.55. The van der Waals surface area contributed by atoms with Gasteiger partial charge in [-0.1, -0.05) is 6.58 Å². The second-order valence-electron chi connectivity index (χ2n) is 2.45. The van der Waals surface area contributed by atoms with Crippen molar-refractivity contribution in [1.82, 2.24) is 5.32 Å². The van der Waals surface area contributed by atoms with Crippen LogP contribution >= 0.6 is 0 Å². The molecule has 0 saturated heterocycles. The number of primary amides is 1. The van der Waals surface area contributed by atoms with Gasteiger partial charge in [-0.2, -0.15) is 0 Å². The van der Waals surface area contributed by atoms with Crippen LogP contribution in [0.25, 0.3) is 0 Å². The van der Waals surface area contributed by atoms with Gasteiger partial charge in [-0.25, -0.2) is 0 Å². The fourth-order valence-corrected chi connectivity index (χ4v) is 0.368. The maximum absolute atomic E-state index is 10.9. The van der Waals surface area contributed by atoms with Gasteiger partial charge in [-0.3, -0.25) is 9.59 Å². The molecule has 0 atom stereocenters. The van der Waals surface area contributed by atoms with Gasteiger partial charge in [0.25, 0.3) is 0 Å². The molecule has 0 aliphatic carbocycles. The first-order chi connectivity index (χ1) is 5.45. The van der Waals surface area contributed by atoms with Gasteiger partial charge in [-0.05, 0) is 13.8 Å². The fraction of sp³-hybridized carbons (Fsp3) is 0.250. The van der Waals surface area contributed by atoms with Gasteiger partial charge < -0.3 is 11.1 Å². The second-order valence-corrected chi connectivity index (χ2v) is 2.45. The first kappa shape index (κ1) is 10.4. The van der Waals surface area contributed by atoms with Crippen LogP contribution < -0.4 is 11.1 Å². The van der Waals surface area contributed by atoms with Gasteiger partial charge in [0.05, 0.1) is 0 Å². The summed E-state index contributed by atoms with van der Waals surface area (Å²) in [5.74, 6) is -0.882. The Labute approximate surface area is 71.1 Å². The smallest absolute Gasteiger partial charge is 0.250 e. The summed E-state index contributed by atoms with van der Waals surface area (Å²) in [6, 6.07) is 0. The number of carbonyl (C=O) groups excluding carboxylic acids is 2. The number of hydrogen-bond acceptors (Lipinski definition) is 2. The highest BCUT2D eigenvalue weighted by molar-refractivity contribution is 5.95. The molecule has 0 bridgehead atoms. The third-order valence-corrected chi connectivity index (χ3v) is 1.20. The lowest BCUT2D eigenvalue weighted by molar-refractivity contribution is -0.116. The van der Waals surface area contributed by atoms with Crippen molar-refractivity contribution < 1.29 is 9.59 Å². The minimum atomic E-state index is -0.558. The Kier molecular flexibility index (Phi) is 3.76. The molecular weight excluding hydrogens is 156 g/mol. The molecule has 0 unspecified atom stereocenters. The van der Waals surface area contributed by atoms with Crippen molar-refractivity contribution in [3.63, 3.8) is 0 Å². The number of rotatable bonds is 3. The molecule has 66 valence electrons. The van der Waals surface area contributed by atoms with Gasteiger partial charge in [0.15, 0.2) is 0 Å². The Morgan fingerprint density at radius 2 is 1.92 bits per heavy atom. The molecule has 0 radical (unpaired) electrons. The molecule has 0 aromatic heterocycles. The lowest BCUT2D eigenvalue weighted by Crippen LogP contribution is -2.21. The predicted molar refractivity (Wildman–Crippen MR) is 45.9 cm³/mol. The van der Waals surface area contributed by atoms with Gasteiger partial charge >= 0.3 is 0 Å². The zero-order valence-corrected chi connectivity index (χ0v) is 7.18. The molecule has 0 rings (SSSR count). The first-order valence-electron chi connectivity index (χ1n) is 3.38. The van der Waals surface area contributed by atoms with E-state index in [1.54, 1.807) is 6.92 Å². The van der Waals surface area contributed by atoms with Crippen LogP contribution in [0.4, 0.5) is 0 Å². The molecule has 0 aliphatic heterocycles. The molecule has 0 heterocycles. The number of carbonyl (C=O) groups is 2. The van der Waals surface area contributed by atoms with Crippen LogP contribution in [0, 0.1) is 0 Å². The van der Waals surface area contributed by atoms with Gasteiger partial charge in [0, 0.05) is 17.3 Å². The first-order valence-corrected chi connectivity index (χ1v) is 3.38.